The van der Waals surface area contributed by atoms with Crippen LogP contribution in [-0.2, 0) is 5.75 Å². The minimum Gasteiger partial charge on any atom is -0.389 e. The van der Waals surface area contributed by atoms with Gasteiger partial charge in [-0.2, -0.15) is 0 Å². The first-order valence-electron chi connectivity index (χ1n) is 6.62. The summed E-state index contributed by atoms with van der Waals surface area (Å²) in [5.41, 5.74) is 2.94. The van der Waals surface area contributed by atoms with Crippen LogP contribution >= 0.6 is 11.8 Å². The lowest BCUT2D eigenvalue weighted by molar-refractivity contribution is -0.387. The van der Waals surface area contributed by atoms with E-state index in [1.165, 1.54) is 23.4 Å². The maximum Gasteiger partial charge on any atom is 0.283 e. The first-order chi connectivity index (χ1) is 9.99. The van der Waals surface area contributed by atoms with Crippen molar-refractivity contribution in [2.24, 2.45) is 0 Å². The topological polar surface area (TPSA) is 63.4 Å². The number of rotatable bonds is 5. The molecule has 0 aliphatic heterocycles. The summed E-state index contributed by atoms with van der Waals surface area (Å²) in [6.07, 6.45) is -0.709. The molecule has 2 aromatic carbocycles. The van der Waals surface area contributed by atoms with Gasteiger partial charge in [-0.25, -0.2) is 0 Å². The van der Waals surface area contributed by atoms with E-state index in [9.17, 15) is 15.2 Å². The summed E-state index contributed by atoms with van der Waals surface area (Å²) in [5.74, 6) is 0.682. The zero-order valence-electron chi connectivity index (χ0n) is 11.9. The lowest BCUT2D eigenvalue weighted by Crippen LogP contribution is -1.96. The molecule has 0 amide bonds. The highest BCUT2D eigenvalue weighted by Crippen LogP contribution is 2.34. The minimum atomic E-state index is -0.709. The zero-order chi connectivity index (χ0) is 15.4. The van der Waals surface area contributed by atoms with Gasteiger partial charge in [0.25, 0.3) is 5.69 Å². The van der Waals surface area contributed by atoms with Crippen LogP contribution in [0.2, 0.25) is 0 Å². The predicted molar refractivity (Wildman–Crippen MR) is 84.5 cm³/mol. The van der Waals surface area contributed by atoms with Gasteiger partial charge in [0.2, 0.25) is 0 Å². The Kier molecular flexibility index (Phi) is 4.98. The molecule has 0 aromatic heterocycles. The minimum absolute atomic E-state index is 0.0481. The van der Waals surface area contributed by atoms with Crippen LogP contribution in [0.3, 0.4) is 0 Å². The van der Waals surface area contributed by atoms with Gasteiger partial charge in [0.15, 0.2) is 0 Å². The number of nitro groups is 1. The quantitative estimate of drug-likeness (QED) is 0.509. The highest BCUT2D eigenvalue weighted by molar-refractivity contribution is 7.98. The smallest absolute Gasteiger partial charge is 0.283 e. The Morgan fingerprint density at radius 3 is 2.62 bits per heavy atom. The summed E-state index contributed by atoms with van der Waals surface area (Å²) in [5, 5.41) is 20.7. The highest BCUT2D eigenvalue weighted by atomic mass is 32.2. The maximum absolute atomic E-state index is 11.2. The van der Waals surface area contributed by atoms with Crippen molar-refractivity contribution >= 4 is 17.4 Å². The van der Waals surface area contributed by atoms with Crippen molar-refractivity contribution < 1.29 is 10.0 Å². The third kappa shape index (κ3) is 3.83. The molecule has 1 atom stereocenters. The lowest BCUT2D eigenvalue weighted by Gasteiger charge is -2.09. The van der Waals surface area contributed by atoms with Crippen molar-refractivity contribution in [2.75, 3.05) is 0 Å². The van der Waals surface area contributed by atoms with E-state index in [0.717, 1.165) is 5.56 Å². The fourth-order valence-corrected chi connectivity index (χ4v) is 3.07. The molecule has 1 unspecified atom stereocenters. The molecule has 0 saturated carbocycles. The Hall–Kier alpha value is -1.85. The average molecular weight is 303 g/mol. The van der Waals surface area contributed by atoms with E-state index >= 15 is 0 Å². The second kappa shape index (κ2) is 6.74. The Morgan fingerprint density at radius 2 is 2.00 bits per heavy atom. The number of aryl methyl sites for hydroxylation is 1. The highest BCUT2D eigenvalue weighted by Gasteiger charge is 2.17. The third-order valence-electron chi connectivity index (χ3n) is 3.31. The van der Waals surface area contributed by atoms with Gasteiger partial charge in [0.1, 0.15) is 0 Å². The van der Waals surface area contributed by atoms with Crippen LogP contribution in [-0.4, -0.2) is 10.0 Å². The summed E-state index contributed by atoms with van der Waals surface area (Å²) >= 11 is 1.44. The Balaban J connectivity index is 2.24. The van der Waals surface area contributed by atoms with Crippen LogP contribution in [0, 0.1) is 17.0 Å². The zero-order valence-corrected chi connectivity index (χ0v) is 12.8. The molecule has 0 heterocycles. The molecule has 0 fully saturated rings. The molecular formula is C16H17NO3S. The van der Waals surface area contributed by atoms with Crippen molar-refractivity contribution in [3.05, 3.63) is 69.3 Å². The van der Waals surface area contributed by atoms with Gasteiger partial charge in [0.05, 0.1) is 15.9 Å². The first kappa shape index (κ1) is 15.5. The molecule has 1 N–H and O–H groups in total. The van der Waals surface area contributed by atoms with Crippen LogP contribution in [0.25, 0.3) is 0 Å². The number of hydrogen-bond donors (Lipinski definition) is 1. The normalized spacial score (nSPS) is 12.1. The summed E-state index contributed by atoms with van der Waals surface area (Å²) in [6.45, 7) is 3.63. The fourth-order valence-electron chi connectivity index (χ4n) is 1.99. The Bertz CT molecular complexity index is 656. The first-order valence-corrected chi connectivity index (χ1v) is 7.61. The van der Waals surface area contributed by atoms with Gasteiger partial charge in [-0.1, -0.05) is 30.3 Å². The second-order valence-corrected chi connectivity index (χ2v) is 5.89. The molecule has 0 radical (unpaired) electrons. The average Bonchev–Trinajstić information content (AvgIpc) is 2.46. The predicted octanol–water partition coefficient (Wildman–Crippen LogP) is 4.25. The SMILES string of the molecule is Cc1ccccc1CSc1ccc(C(C)O)cc1[N+](=O)[O-]. The van der Waals surface area contributed by atoms with Gasteiger partial charge < -0.3 is 5.11 Å². The van der Waals surface area contributed by atoms with Crippen molar-refractivity contribution in [1.82, 2.24) is 0 Å². The van der Waals surface area contributed by atoms with Crippen LogP contribution in [0.1, 0.15) is 29.7 Å². The van der Waals surface area contributed by atoms with E-state index in [0.29, 0.717) is 16.2 Å². The number of aliphatic hydroxyl groups excluding tert-OH is 1. The van der Waals surface area contributed by atoms with Gasteiger partial charge in [-0.15, -0.1) is 11.8 Å². The van der Waals surface area contributed by atoms with Gasteiger partial charge in [0, 0.05) is 11.8 Å². The van der Waals surface area contributed by atoms with Gasteiger partial charge in [-0.3, -0.25) is 10.1 Å². The molecule has 0 bridgehead atoms. The molecule has 21 heavy (non-hydrogen) atoms. The second-order valence-electron chi connectivity index (χ2n) is 4.88. The summed E-state index contributed by atoms with van der Waals surface area (Å²) in [6, 6.07) is 12.9. The maximum atomic E-state index is 11.2. The van der Waals surface area contributed by atoms with Crippen molar-refractivity contribution in [2.45, 2.75) is 30.6 Å². The van der Waals surface area contributed by atoms with E-state index in [4.69, 9.17) is 0 Å². The molecule has 110 valence electrons. The molecular weight excluding hydrogens is 286 g/mol. The number of aliphatic hydroxyl groups is 1. The van der Waals surface area contributed by atoms with Crippen LogP contribution < -0.4 is 0 Å². The van der Waals surface area contributed by atoms with E-state index in [-0.39, 0.29) is 5.69 Å². The largest absolute Gasteiger partial charge is 0.389 e. The molecule has 0 spiro atoms. The lowest BCUT2D eigenvalue weighted by atomic mass is 10.1. The molecule has 2 aromatic rings. The van der Waals surface area contributed by atoms with Crippen molar-refractivity contribution in [3.63, 3.8) is 0 Å². The molecule has 5 heteroatoms. The van der Waals surface area contributed by atoms with Gasteiger partial charge >= 0.3 is 0 Å². The van der Waals surface area contributed by atoms with Gasteiger partial charge in [-0.05, 0) is 36.6 Å². The molecule has 4 nitrogen and oxygen atoms in total. The Morgan fingerprint density at radius 1 is 1.29 bits per heavy atom. The van der Waals surface area contributed by atoms with Crippen LogP contribution in [0.4, 0.5) is 5.69 Å². The summed E-state index contributed by atoms with van der Waals surface area (Å²) < 4.78 is 0. The molecule has 0 aliphatic rings. The Labute approximate surface area is 128 Å². The standard InChI is InChI=1S/C16H17NO3S/c1-11-5-3-4-6-14(11)10-21-16-8-7-13(12(2)18)9-15(16)17(19)20/h3-9,12,18H,10H2,1-2H3. The molecule has 2 rings (SSSR count). The van der Waals surface area contributed by atoms with E-state index < -0.39 is 11.0 Å². The number of thioether (sulfide) groups is 1. The van der Waals surface area contributed by atoms with Crippen molar-refractivity contribution in [3.8, 4) is 0 Å². The summed E-state index contributed by atoms with van der Waals surface area (Å²) in [4.78, 5) is 11.4. The van der Waals surface area contributed by atoms with E-state index in [1.807, 2.05) is 31.2 Å². The van der Waals surface area contributed by atoms with Crippen LogP contribution in [0.5, 0.6) is 0 Å². The third-order valence-corrected chi connectivity index (χ3v) is 4.42. The number of nitro benzene ring substituents is 1. The number of hydrogen-bond acceptors (Lipinski definition) is 4. The van der Waals surface area contributed by atoms with E-state index in [2.05, 4.69) is 0 Å². The van der Waals surface area contributed by atoms with Crippen molar-refractivity contribution in [1.29, 1.82) is 0 Å². The number of nitrogens with zero attached hydrogens (tertiary/aromatic N) is 1. The van der Waals surface area contributed by atoms with Crippen LogP contribution in [0.15, 0.2) is 47.4 Å². The fraction of sp³-hybridized carbons (Fsp3) is 0.250. The monoisotopic (exact) mass is 303 g/mol. The summed E-state index contributed by atoms with van der Waals surface area (Å²) in [7, 11) is 0. The van der Waals surface area contributed by atoms with E-state index in [1.54, 1.807) is 19.1 Å². The molecule has 0 saturated heterocycles. The molecule has 0 aliphatic carbocycles. The number of benzene rings is 2.